The molecule has 0 bridgehead atoms. The van der Waals surface area contributed by atoms with E-state index >= 15 is 0 Å². The van der Waals surface area contributed by atoms with Gasteiger partial charge in [0.05, 0.1) is 0 Å². The van der Waals surface area contributed by atoms with Crippen molar-refractivity contribution in [1.29, 1.82) is 0 Å². The van der Waals surface area contributed by atoms with Crippen LogP contribution in [-0.4, -0.2) is 15.6 Å². The van der Waals surface area contributed by atoms with Gasteiger partial charge in [0.25, 0.3) is 0 Å². The molecule has 2 aromatic heterocycles. The Morgan fingerprint density at radius 1 is 1.40 bits per heavy atom. The molecule has 0 amide bonds. The Morgan fingerprint density at radius 2 is 2.13 bits per heavy atom. The maximum atomic E-state index is 8.76. The summed E-state index contributed by atoms with van der Waals surface area (Å²) in [5.41, 5.74) is 5.69. The average Bonchev–Trinajstić information content (AvgIpc) is 2.90. The fourth-order valence-electron chi connectivity index (χ4n) is 1.47. The second kappa shape index (κ2) is 4.18. The lowest BCUT2D eigenvalue weighted by molar-refractivity contribution is 0.315. The van der Waals surface area contributed by atoms with E-state index in [0.29, 0.717) is 0 Å². The second-order valence-electron chi connectivity index (χ2n) is 3.07. The lowest BCUT2D eigenvalue weighted by atomic mass is 10.2. The number of nitrogens with zero attached hydrogens (tertiary/aromatic N) is 2. The van der Waals surface area contributed by atoms with Crippen molar-refractivity contribution in [2.45, 2.75) is 6.04 Å². The molecule has 1 unspecified atom stereocenters. The van der Waals surface area contributed by atoms with Crippen molar-refractivity contribution in [3.8, 4) is 0 Å². The van der Waals surface area contributed by atoms with E-state index in [1.165, 1.54) is 0 Å². The summed E-state index contributed by atoms with van der Waals surface area (Å²) >= 11 is 1.58. The predicted molar refractivity (Wildman–Crippen MR) is 60.3 cm³/mol. The minimum absolute atomic E-state index is 0.189. The predicted octanol–water partition coefficient (Wildman–Crippen LogP) is 1.89. The number of hydrogen-bond donors (Lipinski definition) is 2. The summed E-state index contributed by atoms with van der Waals surface area (Å²) in [6.45, 7) is 0. The van der Waals surface area contributed by atoms with E-state index in [2.05, 4.69) is 5.16 Å². The summed E-state index contributed by atoms with van der Waals surface area (Å²) in [7, 11) is 0. The molecule has 0 saturated heterocycles. The zero-order valence-corrected chi connectivity index (χ0v) is 8.76. The van der Waals surface area contributed by atoms with Crippen LogP contribution in [0.2, 0.25) is 0 Å². The standard InChI is InChI=1S/C10H11N3OS/c11-10(12-14)9(8-4-3-7-15-8)13-5-1-2-6-13/h1-7,9,14H,(H2,11,12). The molecule has 0 spiro atoms. The Morgan fingerprint density at radius 3 is 2.67 bits per heavy atom. The zero-order valence-electron chi connectivity index (χ0n) is 7.95. The van der Waals surface area contributed by atoms with Gasteiger partial charge in [-0.05, 0) is 23.6 Å². The number of thiophene rings is 1. The van der Waals surface area contributed by atoms with E-state index in [4.69, 9.17) is 10.9 Å². The minimum Gasteiger partial charge on any atom is -0.409 e. The third kappa shape index (κ3) is 1.87. The van der Waals surface area contributed by atoms with Crippen LogP contribution in [0.4, 0.5) is 0 Å². The Kier molecular flexibility index (Phi) is 2.73. The quantitative estimate of drug-likeness (QED) is 0.360. The smallest absolute Gasteiger partial charge is 0.167 e. The maximum Gasteiger partial charge on any atom is 0.167 e. The fourth-order valence-corrected chi connectivity index (χ4v) is 2.31. The number of amidine groups is 1. The van der Waals surface area contributed by atoms with Gasteiger partial charge in [-0.25, -0.2) is 0 Å². The largest absolute Gasteiger partial charge is 0.409 e. The third-order valence-electron chi connectivity index (χ3n) is 2.13. The molecule has 4 nitrogen and oxygen atoms in total. The van der Waals surface area contributed by atoms with Gasteiger partial charge in [-0.1, -0.05) is 11.2 Å². The molecule has 2 aromatic rings. The molecule has 0 aliphatic carbocycles. The van der Waals surface area contributed by atoms with Crippen molar-refractivity contribution in [3.05, 3.63) is 46.9 Å². The zero-order chi connectivity index (χ0) is 10.7. The summed E-state index contributed by atoms with van der Waals surface area (Å²) in [4.78, 5) is 1.04. The van der Waals surface area contributed by atoms with E-state index in [9.17, 15) is 0 Å². The Labute approximate surface area is 91.3 Å². The van der Waals surface area contributed by atoms with Crippen molar-refractivity contribution in [3.63, 3.8) is 0 Å². The molecular weight excluding hydrogens is 210 g/mol. The molecule has 0 aliphatic rings. The fraction of sp³-hybridized carbons (Fsp3) is 0.100. The first-order valence-corrected chi connectivity index (χ1v) is 5.34. The molecule has 2 heterocycles. The van der Waals surface area contributed by atoms with Gasteiger partial charge in [0.15, 0.2) is 5.84 Å². The molecule has 0 fully saturated rings. The Hall–Kier alpha value is -1.75. The highest BCUT2D eigenvalue weighted by molar-refractivity contribution is 7.10. The van der Waals surface area contributed by atoms with Gasteiger partial charge in [0, 0.05) is 17.3 Å². The van der Waals surface area contributed by atoms with Gasteiger partial charge in [-0.2, -0.15) is 0 Å². The van der Waals surface area contributed by atoms with Crippen LogP contribution in [0, 0.1) is 0 Å². The summed E-state index contributed by atoms with van der Waals surface area (Å²) < 4.78 is 1.90. The molecule has 2 rings (SSSR count). The molecule has 78 valence electrons. The van der Waals surface area contributed by atoms with E-state index in [0.717, 1.165) is 4.88 Å². The first-order valence-electron chi connectivity index (χ1n) is 4.46. The summed E-state index contributed by atoms with van der Waals surface area (Å²) in [5, 5.41) is 13.8. The third-order valence-corrected chi connectivity index (χ3v) is 3.06. The van der Waals surface area contributed by atoms with Gasteiger partial charge in [-0.3, -0.25) is 0 Å². The topological polar surface area (TPSA) is 63.5 Å². The molecule has 15 heavy (non-hydrogen) atoms. The SMILES string of the molecule is N/C(=N\O)C(c1cccs1)n1cccc1. The first-order chi connectivity index (χ1) is 7.33. The Bertz CT molecular complexity index is 399. The normalized spacial score (nSPS) is 14.0. The van der Waals surface area contributed by atoms with Crippen LogP contribution in [0.15, 0.2) is 47.2 Å². The number of hydrogen-bond acceptors (Lipinski definition) is 3. The van der Waals surface area contributed by atoms with Crippen molar-refractivity contribution in [1.82, 2.24) is 4.57 Å². The van der Waals surface area contributed by atoms with Crippen LogP contribution in [0.3, 0.4) is 0 Å². The number of nitrogens with two attached hydrogens (primary N) is 1. The van der Waals surface area contributed by atoms with E-state index in [-0.39, 0.29) is 11.9 Å². The van der Waals surface area contributed by atoms with E-state index < -0.39 is 0 Å². The first kappa shape index (κ1) is 9.79. The molecule has 0 aliphatic heterocycles. The van der Waals surface area contributed by atoms with Crippen molar-refractivity contribution >= 4 is 17.2 Å². The van der Waals surface area contributed by atoms with E-state index in [1.807, 2.05) is 46.6 Å². The second-order valence-corrected chi connectivity index (χ2v) is 4.05. The number of oxime groups is 1. The highest BCUT2D eigenvalue weighted by Crippen LogP contribution is 2.23. The summed E-state index contributed by atoms with van der Waals surface area (Å²) in [5.74, 6) is 0.189. The van der Waals surface area contributed by atoms with Gasteiger partial charge < -0.3 is 15.5 Å². The highest BCUT2D eigenvalue weighted by atomic mass is 32.1. The molecule has 0 saturated carbocycles. The average molecular weight is 221 g/mol. The van der Waals surface area contributed by atoms with Crippen LogP contribution in [0.1, 0.15) is 10.9 Å². The van der Waals surface area contributed by atoms with Gasteiger partial charge in [0.1, 0.15) is 6.04 Å². The van der Waals surface area contributed by atoms with Gasteiger partial charge >= 0.3 is 0 Å². The molecular formula is C10H11N3OS. The highest BCUT2D eigenvalue weighted by Gasteiger charge is 2.18. The van der Waals surface area contributed by atoms with Crippen LogP contribution in [0.5, 0.6) is 0 Å². The van der Waals surface area contributed by atoms with Crippen molar-refractivity contribution < 1.29 is 5.21 Å². The van der Waals surface area contributed by atoms with Crippen LogP contribution >= 0.6 is 11.3 Å². The van der Waals surface area contributed by atoms with Crippen LogP contribution in [0.25, 0.3) is 0 Å². The van der Waals surface area contributed by atoms with Gasteiger partial charge in [0.2, 0.25) is 0 Å². The number of aromatic nitrogens is 1. The lowest BCUT2D eigenvalue weighted by Gasteiger charge is -2.15. The molecule has 0 aromatic carbocycles. The summed E-state index contributed by atoms with van der Waals surface area (Å²) in [6.07, 6.45) is 3.78. The lowest BCUT2D eigenvalue weighted by Crippen LogP contribution is -2.26. The van der Waals surface area contributed by atoms with Crippen LogP contribution < -0.4 is 5.73 Å². The Balaban J connectivity index is 2.42. The molecule has 3 N–H and O–H groups in total. The molecule has 5 heteroatoms. The van der Waals surface area contributed by atoms with Crippen molar-refractivity contribution in [2.75, 3.05) is 0 Å². The maximum absolute atomic E-state index is 8.76. The van der Waals surface area contributed by atoms with Crippen molar-refractivity contribution in [2.24, 2.45) is 10.9 Å². The molecule has 1 atom stereocenters. The van der Waals surface area contributed by atoms with Gasteiger partial charge in [-0.15, -0.1) is 11.3 Å². The summed E-state index contributed by atoms with van der Waals surface area (Å²) in [6, 6.07) is 7.51. The number of rotatable bonds is 3. The van der Waals surface area contributed by atoms with Crippen LogP contribution in [-0.2, 0) is 0 Å². The minimum atomic E-state index is -0.218. The van der Waals surface area contributed by atoms with E-state index in [1.54, 1.807) is 11.3 Å². The monoisotopic (exact) mass is 221 g/mol. The molecule has 0 radical (unpaired) electrons.